The first-order chi connectivity index (χ1) is 13.3. The third-order valence-corrected chi connectivity index (χ3v) is 6.13. The molecule has 1 atom stereocenters. The number of aliphatic imine (C=N–C) groups is 1. The molecule has 0 bridgehead atoms. The van der Waals surface area contributed by atoms with Gasteiger partial charge in [0.1, 0.15) is 5.82 Å². The summed E-state index contributed by atoms with van der Waals surface area (Å²) in [5.74, 6) is 2.40. The summed E-state index contributed by atoms with van der Waals surface area (Å²) in [4.78, 5) is 12.8. The molecule has 154 valence electrons. The lowest BCUT2D eigenvalue weighted by molar-refractivity contribution is 0.708. The Balaban J connectivity index is 0.00000280. The minimum Gasteiger partial charge on any atom is -0.357 e. The molecule has 0 spiro atoms. The minimum atomic E-state index is 0. The number of nitrogens with zero attached hydrogens (tertiary/aromatic N) is 3. The molecule has 0 aromatic carbocycles. The Morgan fingerprint density at radius 3 is 2.57 bits per heavy atom. The quantitative estimate of drug-likeness (QED) is 0.337. The summed E-state index contributed by atoms with van der Waals surface area (Å²) in [6.07, 6.45) is 7.22. The molecule has 2 aromatic heterocycles. The minimum absolute atomic E-state index is 0. The van der Waals surface area contributed by atoms with Gasteiger partial charge in [-0.15, -0.1) is 35.3 Å². The molecule has 0 amide bonds. The summed E-state index contributed by atoms with van der Waals surface area (Å²) in [7, 11) is 1.81. The van der Waals surface area contributed by atoms with Crippen molar-refractivity contribution in [3.63, 3.8) is 0 Å². The zero-order valence-corrected chi connectivity index (χ0v) is 20.0. The van der Waals surface area contributed by atoms with Gasteiger partial charge in [0.05, 0.1) is 0 Å². The number of anilines is 1. The number of hydrogen-bond acceptors (Lipinski definition) is 4. The maximum absolute atomic E-state index is 4.68. The molecule has 3 heterocycles. The van der Waals surface area contributed by atoms with E-state index in [1.165, 1.54) is 36.1 Å². The molecule has 28 heavy (non-hydrogen) atoms. The van der Waals surface area contributed by atoms with E-state index in [0.29, 0.717) is 5.92 Å². The third kappa shape index (κ3) is 6.92. The first-order valence-electron chi connectivity index (χ1n) is 9.94. The Bertz CT molecular complexity index is 694. The van der Waals surface area contributed by atoms with Gasteiger partial charge in [0, 0.05) is 50.2 Å². The van der Waals surface area contributed by atoms with E-state index >= 15 is 0 Å². The lowest BCUT2D eigenvalue weighted by Crippen LogP contribution is -2.38. The molecular formula is C21H32IN5S. The van der Waals surface area contributed by atoms with E-state index in [1.807, 2.05) is 13.2 Å². The molecule has 1 unspecified atom stereocenters. The molecule has 2 N–H and O–H groups in total. The Labute approximate surface area is 190 Å². The highest BCUT2D eigenvalue weighted by molar-refractivity contribution is 14.0. The number of pyridine rings is 1. The van der Waals surface area contributed by atoms with E-state index in [9.17, 15) is 0 Å². The first kappa shape index (κ1) is 22.9. The lowest BCUT2D eigenvalue weighted by Gasteiger charge is -2.21. The van der Waals surface area contributed by atoms with Crippen molar-refractivity contribution in [2.24, 2.45) is 4.99 Å². The summed E-state index contributed by atoms with van der Waals surface area (Å²) in [6, 6.07) is 8.61. The van der Waals surface area contributed by atoms with Gasteiger partial charge in [-0.05, 0) is 35.9 Å². The maximum atomic E-state index is 4.68. The van der Waals surface area contributed by atoms with Crippen molar-refractivity contribution in [1.29, 1.82) is 0 Å². The number of hydrogen-bond donors (Lipinski definition) is 2. The number of rotatable bonds is 6. The molecule has 5 nitrogen and oxygen atoms in total. The molecule has 0 saturated carbocycles. The van der Waals surface area contributed by atoms with Crippen LogP contribution in [0.2, 0.25) is 0 Å². The van der Waals surface area contributed by atoms with E-state index in [-0.39, 0.29) is 24.0 Å². The van der Waals surface area contributed by atoms with Crippen molar-refractivity contribution in [3.8, 4) is 0 Å². The summed E-state index contributed by atoms with van der Waals surface area (Å²) < 4.78 is 0. The number of guanidine groups is 1. The van der Waals surface area contributed by atoms with Crippen LogP contribution in [0.15, 0.2) is 40.8 Å². The topological polar surface area (TPSA) is 52.6 Å². The number of nitrogens with one attached hydrogen (secondary N) is 2. The van der Waals surface area contributed by atoms with Gasteiger partial charge < -0.3 is 15.5 Å². The van der Waals surface area contributed by atoms with Crippen molar-refractivity contribution < 1.29 is 0 Å². The van der Waals surface area contributed by atoms with Crippen LogP contribution in [-0.2, 0) is 6.54 Å². The second-order valence-electron chi connectivity index (χ2n) is 7.15. The van der Waals surface area contributed by atoms with Gasteiger partial charge in [-0.25, -0.2) is 4.98 Å². The van der Waals surface area contributed by atoms with Crippen LogP contribution in [0.4, 0.5) is 5.82 Å². The smallest absolute Gasteiger partial charge is 0.191 e. The average Bonchev–Trinajstić information content (AvgIpc) is 3.11. The van der Waals surface area contributed by atoms with E-state index in [2.05, 4.69) is 62.1 Å². The Morgan fingerprint density at radius 1 is 1.18 bits per heavy atom. The van der Waals surface area contributed by atoms with Crippen LogP contribution in [0.5, 0.6) is 0 Å². The molecule has 1 fully saturated rings. The fourth-order valence-corrected chi connectivity index (χ4v) is 4.12. The monoisotopic (exact) mass is 513 g/mol. The molecule has 0 radical (unpaired) electrons. The number of aromatic nitrogens is 1. The van der Waals surface area contributed by atoms with E-state index in [0.717, 1.165) is 38.0 Å². The van der Waals surface area contributed by atoms with Crippen LogP contribution in [0.3, 0.4) is 0 Å². The van der Waals surface area contributed by atoms with E-state index in [4.69, 9.17) is 0 Å². The van der Waals surface area contributed by atoms with Crippen LogP contribution in [-0.4, -0.2) is 37.6 Å². The number of thiophene rings is 1. The van der Waals surface area contributed by atoms with E-state index in [1.54, 1.807) is 11.3 Å². The summed E-state index contributed by atoms with van der Waals surface area (Å²) in [6.45, 7) is 6.08. The van der Waals surface area contributed by atoms with Crippen LogP contribution in [0.1, 0.15) is 49.0 Å². The van der Waals surface area contributed by atoms with Gasteiger partial charge in [-0.3, -0.25) is 4.99 Å². The Kier molecular flexibility index (Phi) is 10.0. The Morgan fingerprint density at radius 2 is 1.96 bits per heavy atom. The van der Waals surface area contributed by atoms with Crippen LogP contribution in [0, 0.1) is 0 Å². The second-order valence-corrected chi connectivity index (χ2v) is 8.13. The molecule has 1 aliphatic rings. The fourth-order valence-electron chi connectivity index (χ4n) is 3.34. The summed E-state index contributed by atoms with van der Waals surface area (Å²) >= 11 is 1.80. The molecule has 1 saturated heterocycles. The summed E-state index contributed by atoms with van der Waals surface area (Å²) in [5.41, 5.74) is 1.17. The van der Waals surface area contributed by atoms with Crippen LogP contribution in [0.25, 0.3) is 0 Å². The van der Waals surface area contributed by atoms with Gasteiger partial charge in [0.25, 0.3) is 0 Å². The fraction of sp³-hybridized carbons (Fsp3) is 0.524. The zero-order valence-electron chi connectivity index (χ0n) is 16.9. The zero-order chi connectivity index (χ0) is 18.9. The van der Waals surface area contributed by atoms with Crippen molar-refractivity contribution in [1.82, 2.24) is 15.6 Å². The predicted molar refractivity (Wildman–Crippen MR) is 131 cm³/mol. The van der Waals surface area contributed by atoms with E-state index < -0.39 is 0 Å². The average molecular weight is 513 g/mol. The molecule has 1 aliphatic heterocycles. The van der Waals surface area contributed by atoms with Crippen molar-refractivity contribution in [3.05, 3.63) is 46.3 Å². The molecule has 0 aliphatic carbocycles. The highest BCUT2D eigenvalue weighted by Gasteiger charge is 2.11. The lowest BCUT2D eigenvalue weighted by atomic mass is 10.1. The first-order valence-corrected chi connectivity index (χ1v) is 10.8. The van der Waals surface area contributed by atoms with Gasteiger partial charge >= 0.3 is 0 Å². The highest BCUT2D eigenvalue weighted by atomic mass is 127. The van der Waals surface area contributed by atoms with Crippen LogP contribution < -0.4 is 15.5 Å². The molecule has 2 aromatic rings. The van der Waals surface area contributed by atoms with Gasteiger partial charge in [-0.2, -0.15) is 0 Å². The van der Waals surface area contributed by atoms with Gasteiger partial charge in [-0.1, -0.05) is 31.9 Å². The standard InChI is InChI=1S/C21H31N5S.HI/c1-17(19-8-7-13-27-19)14-24-21(22-2)25-16-18-9-10-20(23-15-18)26-11-5-3-4-6-12-26;/h7-10,13,15,17H,3-6,11-12,14,16H2,1-2H3,(H2,22,24,25);1H. The predicted octanol–water partition coefficient (Wildman–Crippen LogP) is 4.61. The SMILES string of the molecule is CN=C(NCc1ccc(N2CCCCCC2)nc1)NCC(C)c1cccs1.I. The normalized spacial score (nSPS) is 16.1. The Hall–Kier alpha value is -1.35. The molecule has 7 heteroatoms. The largest absolute Gasteiger partial charge is 0.357 e. The highest BCUT2D eigenvalue weighted by Crippen LogP contribution is 2.19. The van der Waals surface area contributed by atoms with Gasteiger partial charge in [0.15, 0.2) is 5.96 Å². The van der Waals surface area contributed by atoms with Crippen molar-refractivity contribution in [2.75, 3.05) is 31.6 Å². The molecule has 3 rings (SSSR count). The maximum Gasteiger partial charge on any atom is 0.191 e. The van der Waals surface area contributed by atoms with Crippen molar-refractivity contribution in [2.45, 2.75) is 45.1 Å². The van der Waals surface area contributed by atoms with Gasteiger partial charge in [0.2, 0.25) is 0 Å². The number of halogens is 1. The summed E-state index contributed by atoms with van der Waals surface area (Å²) in [5, 5.41) is 8.92. The second kappa shape index (κ2) is 12.3. The third-order valence-electron chi connectivity index (χ3n) is 5.03. The van der Waals surface area contributed by atoms with Crippen molar-refractivity contribution >= 4 is 47.1 Å². The molecular weight excluding hydrogens is 481 g/mol. The van der Waals surface area contributed by atoms with Crippen LogP contribution >= 0.6 is 35.3 Å².